The molecule has 10 heteroatoms. The van der Waals surface area contributed by atoms with Gasteiger partial charge >= 0.3 is 0 Å². The number of hydrogen-bond acceptors (Lipinski definition) is 8. The number of nitriles is 1. The molecule has 1 atom stereocenters. The first-order valence-electron chi connectivity index (χ1n) is 15.1. The minimum atomic E-state index is -0.167. The number of ether oxygens (including phenoxy) is 3. The number of aliphatic imine (C=N–C) groups is 1. The van der Waals surface area contributed by atoms with E-state index in [-0.39, 0.29) is 17.7 Å². The van der Waals surface area contributed by atoms with Gasteiger partial charge in [-0.2, -0.15) is 0 Å². The first-order valence-corrected chi connectivity index (χ1v) is 15.1. The van der Waals surface area contributed by atoms with E-state index < -0.39 is 0 Å². The van der Waals surface area contributed by atoms with Crippen LogP contribution in [0.3, 0.4) is 0 Å². The van der Waals surface area contributed by atoms with Crippen LogP contribution in [-0.4, -0.2) is 73.7 Å². The maximum atomic E-state index is 13.2. The van der Waals surface area contributed by atoms with Crippen LogP contribution in [0.1, 0.15) is 54.7 Å². The zero-order valence-corrected chi connectivity index (χ0v) is 25.3. The zero-order valence-electron chi connectivity index (χ0n) is 25.3. The fraction of sp³-hybridized carbons (Fsp3) is 0.412. The molecule has 1 N–H and O–H groups in total. The summed E-state index contributed by atoms with van der Waals surface area (Å²) in [7, 11) is 1.75. The molecule has 1 aliphatic carbocycles. The predicted octanol–water partition coefficient (Wildman–Crippen LogP) is 4.26. The van der Waals surface area contributed by atoms with Crippen LogP contribution < -0.4 is 14.8 Å². The molecule has 230 valence electrons. The molecule has 2 amide bonds. The predicted molar refractivity (Wildman–Crippen MR) is 166 cm³/mol. The van der Waals surface area contributed by atoms with E-state index in [9.17, 15) is 14.9 Å². The van der Waals surface area contributed by atoms with E-state index in [0.29, 0.717) is 74.7 Å². The third-order valence-corrected chi connectivity index (χ3v) is 8.02. The lowest BCUT2D eigenvalue weighted by Crippen LogP contribution is -2.48. The summed E-state index contributed by atoms with van der Waals surface area (Å²) in [5.74, 6) is 2.02. The smallest absolute Gasteiger partial charge is 0.292 e. The molecule has 2 aliphatic heterocycles. The van der Waals surface area contributed by atoms with Crippen LogP contribution in [-0.2, 0) is 20.9 Å². The van der Waals surface area contributed by atoms with Crippen LogP contribution in [0.4, 0.5) is 0 Å². The number of rotatable bonds is 13. The molecule has 0 bridgehead atoms. The first-order chi connectivity index (χ1) is 21.4. The molecule has 3 aliphatic rings. The second kappa shape index (κ2) is 14.7. The summed E-state index contributed by atoms with van der Waals surface area (Å²) in [6, 6.07) is 14.0. The number of nitrogens with zero attached hydrogens (tertiary/aromatic N) is 4. The molecule has 2 aromatic rings. The number of allylic oxidation sites excluding steroid dienone is 2. The zero-order chi connectivity index (χ0) is 30.9. The van der Waals surface area contributed by atoms with Crippen LogP contribution in [0, 0.1) is 11.5 Å². The molecule has 2 heterocycles. The minimum absolute atomic E-state index is 0.0300. The highest BCUT2D eigenvalue weighted by Gasteiger charge is 2.23. The quantitative estimate of drug-likeness (QED) is 0.343. The molecule has 2 aromatic carbocycles. The number of nitrogens with one attached hydrogen (secondary N) is 1. The van der Waals surface area contributed by atoms with E-state index in [1.807, 2.05) is 30.0 Å². The number of hydrogen-bond donors (Lipinski definition) is 1. The lowest BCUT2D eigenvalue weighted by atomic mass is 10.00. The second-order valence-electron chi connectivity index (χ2n) is 11.5. The molecule has 1 saturated heterocycles. The summed E-state index contributed by atoms with van der Waals surface area (Å²) in [6.45, 7) is 5.75. The number of piperazine rings is 1. The van der Waals surface area contributed by atoms with Crippen molar-refractivity contribution in [2.45, 2.75) is 44.6 Å². The van der Waals surface area contributed by atoms with E-state index in [4.69, 9.17) is 14.2 Å². The van der Waals surface area contributed by atoms with Crippen molar-refractivity contribution in [2.24, 2.45) is 4.99 Å². The van der Waals surface area contributed by atoms with Gasteiger partial charge in [0.25, 0.3) is 12.2 Å². The van der Waals surface area contributed by atoms with Crippen molar-refractivity contribution < 1.29 is 23.8 Å². The van der Waals surface area contributed by atoms with Crippen molar-refractivity contribution in [2.75, 3.05) is 46.4 Å². The lowest BCUT2D eigenvalue weighted by molar-refractivity contribution is -0.124. The largest absolute Gasteiger partial charge is 0.493 e. The standard InChI is InChI=1S/C34H39N5O5/c1-24(28-9-12-31(32(19-28)44-23-35)43-22-25-3-5-26(6-4-25)27-7-8-27)20-38(2)34(41)30-11-10-29(13-14-36-30)42-18-17-39-16-15-37-33(40)21-39/h3-6,9-10,12-14,19,24,27H,7-8,11,15-18,20-22H2,1-2H3,(H,37,40). The van der Waals surface area contributed by atoms with Gasteiger partial charge in [-0.15, -0.1) is 5.26 Å². The van der Waals surface area contributed by atoms with Crippen LogP contribution in [0.5, 0.6) is 11.5 Å². The number of amides is 2. The Morgan fingerprint density at radius 3 is 2.75 bits per heavy atom. The molecule has 2 fully saturated rings. The van der Waals surface area contributed by atoms with Gasteiger partial charge in [0.05, 0.1) is 6.54 Å². The summed E-state index contributed by atoms with van der Waals surface area (Å²) < 4.78 is 17.1. The molecular formula is C34H39N5O5. The van der Waals surface area contributed by atoms with Gasteiger partial charge in [-0.05, 0) is 65.7 Å². The number of likely N-dealkylation sites (N-methyl/N-ethyl adjacent to an activating group) is 1. The highest BCUT2D eigenvalue weighted by molar-refractivity contribution is 6.39. The fourth-order valence-electron chi connectivity index (χ4n) is 5.31. The third-order valence-electron chi connectivity index (χ3n) is 8.02. The molecule has 0 spiro atoms. The second-order valence-corrected chi connectivity index (χ2v) is 11.5. The first kappa shape index (κ1) is 30.8. The number of carbonyl (C=O) groups is 2. The van der Waals surface area contributed by atoms with Gasteiger partial charge in [-0.1, -0.05) is 37.3 Å². The normalized spacial score (nSPS) is 17.3. The van der Waals surface area contributed by atoms with Gasteiger partial charge in [-0.25, -0.2) is 0 Å². The Hall–Kier alpha value is -4.62. The number of benzene rings is 2. The van der Waals surface area contributed by atoms with Crippen molar-refractivity contribution in [3.63, 3.8) is 0 Å². The van der Waals surface area contributed by atoms with E-state index in [1.54, 1.807) is 36.5 Å². The molecule has 0 aromatic heterocycles. The summed E-state index contributed by atoms with van der Waals surface area (Å²) >= 11 is 0. The SMILES string of the molecule is CC(CN(C)C(=O)C1=NC=CC(OCCN2CCNC(=O)C2)=CC1)c1ccc(OCc2ccc(C3CC3)cc2)c(OC#N)c1. The van der Waals surface area contributed by atoms with Crippen molar-refractivity contribution >= 4 is 17.5 Å². The average Bonchev–Trinajstić information content (AvgIpc) is 3.89. The van der Waals surface area contributed by atoms with Gasteiger partial charge in [0.2, 0.25) is 5.91 Å². The van der Waals surface area contributed by atoms with E-state index >= 15 is 0 Å². The summed E-state index contributed by atoms with van der Waals surface area (Å²) in [6.07, 6.45) is 9.83. The van der Waals surface area contributed by atoms with Gasteiger partial charge in [0.15, 0.2) is 11.5 Å². The molecule has 1 unspecified atom stereocenters. The Morgan fingerprint density at radius 1 is 1.18 bits per heavy atom. The van der Waals surface area contributed by atoms with Crippen LogP contribution in [0.2, 0.25) is 0 Å². The number of carbonyl (C=O) groups excluding carboxylic acids is 2. The third kappa shape index (κ3) is 8.48. The Labute approximate surface area is 258 Å². The van der Waals surface area contributed by atoms with Gasteiger partial charge in [0, 0.05) is 45.8 Å². The lowest BCUT2D eigenvalue weighted by Gasteiger charge is -2.26. The van der Waals surface area contributed by atoms with Crippen LogP contribution in [0.15, 0.2) is 71.6 Å². The topological polar surface area (TPSA) is 116 Å². The molecular weight excluding hydrogens is 558 g/mol. The van der Waals surface area contributed by atoms with E-state index in [2.05, 4.69) is 34.6 Å². The van der Waals surface area contributed by atoms with Crippen molar-refractivity contribution in [1.29, 1.82) is 5.26 Å². The van der Waals surface area contributed by atoms with Crippen LogP contribution in [0.25, 0.3) is 0 Å². The average molecular weight is 598 g/mol. The summed E-state index contributed by atoms with van der Waals surface area (Å²) in [5, 5.41) is 12.1. The summed E-state index contributed by atoms with van der Waals surface area (Å²) in [4.78, 5) is 32.9. The minimum Gasteiger partial charge on any atom is -0.493 e. The highest BCUT2D eigenvalue weighted by Crippen LogP contribution is 2.40. The van der Waals surface area contributed by atoms with Gasteiger partial charge in [-0.3, -0.25) is 19.5 Å². The van der Waals surface area contributed by atoms with E-state index in [0.717, 1.165) is 17.7 Å². The van der Waals surface area contributed by atoms with Crippen molar-refractivity contribution in [3.05, 3.63) is 83.3 Å². The molecule has 5 rings (SSSR count). The summed E-state index contributed by atoms with van der Waals surface area (Å²) in [5.41, 5.74) is 3.76. The van der Waals surface area contributed by atoms with Gasteiger partial charge < -0.3 is 24.4 Å². The Kier molecular flexibility index (Phi) is 10.3. The van der Waals surface area contributed by atoms with Crippen LogP contribution >= 0.6 is 0 Å². The highest BCUT2D eigenvalue weighted by atomic mass is 16.5. The Morgan fingerprint density at radius 2 is 2.00 bits per heavy atom. The monoisotopic (exact) mass is 597 g/mol. The van der Waals surface area contributed by atoms with Crippen molar-refractivity contribution in [3.8, 4) is 17.8 Å². The molecule has 44 heavy (non-hydrogen) atoms. The maximum absolute atomic E-state index is 13.2. The fourth-order valence-corrected chi connectivity index (χ4v) is 5.31. The maximum Gasteiger partial charge on any atom is 0.292 e. The molecule has 10 nitrogen and oxygen atoms in total. The molecule has 0 radical (unpaired) electrons. The van der Waals surface area contributed by atoms with E-state index in [1.165, 1.54) is 18.4 Å². The Bertz CT molecular complexity index is 1470. The Balaban J connectivity index is 1.12. The van der Waals surface area contributed by atoms with Crippen molar-refractivity contribution in [1.82, 2.24) is 15.1 Å². The van der Waals surface area contributed by atoms with Gasteiger partial charge in [0.1, 0.15) is 24.7 Å². The molecule has 1 saturated carbocycles.